The number of aryl methyl sites for hydroxylation is 1. The number of halogens is 2. The van der Waals surface area contributed by atoms with Crippen LogP contribution in [0.5, 0.6) is 0 Å². The highest BCUT2D eigenvalue weighted by Crippen LogP contribution is 2.20. The number of rotatable bonds is 4. The Kier molecular flexibility index (Phi) is 5.11. The number of benzene rings is 2. The molecule has 116 valence electrons. The van der Waals surface area contributed by atoms with Crippen molar-refractivity contribution in [3.63, 3.8) is 0 Å². The summed E-state index contributed by atoms with van der Waals surface area (Å²) in [6.07, 6.45) is 1.38. The molecule has 0 radical (unpaired) electrons. The molecule has 0 spiro atoms. The first-order valence-corrected chi connectivity index (χ1v) is 8.55. The van der Waals surface area contributed by atoms with E-state index < -0.39 is 10.0 Å². The van der Waals surface area contributed by atoms with Gasteiger partial charge in [-0.2, -0.15) is 17.9 Å². The molecule has 0 aliphatic carbocycles. The third-order valence-electron chi connectivity index (χ3n) is 2.99. The van der Waals surface area contributed by atoms with Crippen LogP contribution in [-0.2, 0) is 10.0 Å². The molecule has 4 nitrogen and oxygen atoms in total. The molecule has 0 atom stereocenters. The molecule has 0 fully saturated rings. The van der Waals surface area contributed by atoms with E-state index in [9.17, 15) is 8.42 Å². The first-order chi connectivity index (χ1) is 10.3. The van der Waals surface area contributed by atoms with Crippen LogP contribution in [0.15, 0.2) is 52.5 Å². The van der Waals surface area contributed by atoms with E-state index in [1.807, 2.05) is 6.92 Å². The van der Waals surface area contributed by atoms with Gasteiger partial charge in [-0.25, -0.2) is 0 Å². The molecule has 0 unspecified atom stereocenters. The highest BCUT2D eigenvalue weighted by atomic mass is 35.5. The zero-order chi connectivity index (χ0) is 16.3. The quantitative estimate of drug-likeness (QED) is 0.614. The summed E-state index contributed by atoms with van der Waals surface area (Å²) in [5, 5.41) is 4.85. The van der Waals surface area contributed by atoms with Crippen molar-refractivity contribution >= 4 is 39.4 Å². The van der Waals surface area contributed by atoms with Gasteiger partial charge in [-0.15, -0.1) is 0 Å². The van der Waals surface area contributed by atoms with Crippen molar-refractivity contribution in [2.75, 3.05) is 7.05 Å². The molecule has 0 heterocycles. The van der Waals surface area contributed by atoms with Gasteiger partial charge in [0.2, 0.25) is 0 Å². The lowest BCUT2D eigenvalue weighted by atomic mass is 10.2. The fourth-order valence-corrected chi connectivity index (χ4v) is 3.09. The summed E-state index contributed by atoms with van der Waals surface area (Å²) in [5.41, 5.74) is 1.56. The molecule has 0 aliphatic heterocycles. The zero-order valence-electron chi connectivity index (χ0n) is 12.0. The average Bonchev–Trinajstić information content (AvgIpc) is 2.46. The molecule has 2 aromatic rings. The maximum Gasteiger partial charge on any atom is 0.278 e. The van der Waals surface area contributed by atoms with Crippen LogP contribution in [0.25, 0.3) is 0 Å². The van der Waals surface area contributed by atoms with E-state index in [1.54, 1.807) is 42.5 Å². The summed E-state index contributed by atoms with van der Waals surface area (Å²) < 4.78 is 25.6. The maximum atomic E-state index is 12.4. The van der Waals surface area contributed by atoms with Crippen LogP contribution in [0.3, 0.4) is 0 Å². The van der Waals surface area contributed by atoms with Gasteiger partial charge >= 0.3 is 0 Å². The van der Waals surface area contributed by atoms with Crippen LogP contribution in [0.1, 0.15) is 11.1 Å². The van der Waals surface area contributed by atoms with E-state index in [1.165, 1.54) is 13.3 Å². The van der Waals surface area contributed by atoms with Crippen molar-refractivity contribution in [3.8, 4) is 0 Å². The Labute approximate surface area is 140 Å². The standard InChI is InChI=1S/C15H14Cl2N2O2S/c1-11-3-7-14(8-4-11)22(20,21)19(2)18-10-12-5-6-13(16)9-15(12)17/h3-10H,1-2H3/b18-10-. The number of hydrazone groups is 1. The number of nitrogens with zero attached hydrogens (tertiary/aromatic N) is 2. The molecule has 0 amide bonds. The Morgan fingerprint density at radius 1 is 1.09 bits per heavy atom. The first kappa shape index (κ1) is 16.8. The van der Waals surface area contributed by atoms with E-state index in [-0.39, 0.29) is 4.90 Å². The van der Waals surface area contributed by atoms with Crippen molar-refractivity contribution in [3.05, 3.63) is 63.6 Å². The van der Waals surface area contributed by atoms with Crippen molar-refractivity contribution in [2.45, 2.75) is 11.8 Å². The molecule has 0 aromatic heterocycles. The maximum absolute atomic E-state index is 12.4. The summed E-state index contributed by atoms with van der Waals surface area (Å²) in [6.45, 7) is 1.89. The van der Waals surface area contributed by atoms with Gasteiger partial charge in [0.1, 0.15) is 0 Å². The minimum absolute atomic E-state index is 0.181. The fraction of sp³-hybridized carbons (Fsp3) is 0.133. The molecule has 0 N–H and O–H groups in total. The highest BCUT2D eigenvalue weighted by Gasteiger charge is 2.18. The summed E-state index contributed by atoms with van der Waals surface area (Å²) in [5.74, 6) is 0. The molecule has 0 aliphatic rings. The normalized spacial score (nSPS) is 11.8. The predicted molar refractivity (Wildman–Crippen MR) is 90.2 cm³/mol. The van der Waals surface area contributed by atoms with Gasteiger partial charge in [0.05, 0.1) is 16.1 Å². The SMILES string of the molecule is Cc1ccc(S(=O)(=O)N(C)/N=C\c2ccc(Cl)cc2Cl)cc1. The number of hydrogen-bond acceptors (Lipinski definition) is 3. The van der Waals surface area contributed by atoms with Gasteiger partial charge in [-0.3, -0.25) is 0 Å². The molecule has 0 saturated carbocycles. The molecular weight excluding hydrogens is 343 g/mol. The Morgan fingerprint density at radius 2 is 1.73 bits per heavy atom. The minimum atomic E-state index is -3.68. The molecule has 22 heavy (non-hydrogen) atoms. The predicted octanol–water partition coefficient (Wildman–Crippen LogP) is 3.96. The summed E-state index contributed by atoms with van der Waals surface area (Å²) >= 11 is 11.8. The third kappa shape index (κ3) is 3.80. The van der Waals surface area contributed by atoms with Gasteiger partial charge in [0, 0.05) is 17.6 Å². The monoisotopic (exact) mass is 356 g/mol. The van der Waals surface area contributed by atoms with Crippen molar-refractivity contribution in [1.29, 1.82) is 0 Å². The second kappa shape index (κ2) is 6.69. The number of hydrogen-bond donors (Lipinski definition) is 0. The van der Waals surface area contributed by atoms with Crippen LogP contribution < -0.4 is 0 Å². The lowest BCUT2D eigenvalue weighted by molar-refractivity contribution is 0.491. The van der Waals surface area contributed by atoms with E-state index in [0.717, 1.165) is 9.98 Å². The van der Waals surface area contributed by atoms with Crippen molar-refractivity contribution in [2.24, 2.45) is 5.10 Å². The van der Waals surface area contributed by atoms with Crippen LogP contribution in [0.2, 0.25) is 10.0 Å². The van der Waals surface area contributed by atoms with Gasteiger partial charge in [-0.05, 0) is 31.2 Å². The van der Waals surface area contributed by atoms with Gasteiger partial charge in [0.15, 0.2) is 0 Å². The molecular formula is C15H14Cl2N2O2S. The topological polar surface area (TPSA) is 49.7 Å². The molecule has 0 saturated heterocycles. The lowest BCUT2D eigenvalue weighted by Gasteiger charge is -2.13. The van der Waals surface area contributed by atoms with Gasteiger partial charge in [0.25, 0.3) is 10.0 Å². The van der Waals surface area contributed by atoms with Gasteiger partial charge < -0.3 is 0 Å². The van der Waals surface area contributed by atoms with Crippen LogP contribution in [0, 0.1) is 6.92 Å². The van der Waals surface area contributed by atoms with Crippen LogP contribution >= 0.6 is 23.2 Å². The number of sulfonamides is 1. The molecule has 2 aromatic carbocycles. The van der Waals surface area contributed by atoms with E-state index in [0.29, 0.717) is 15.6 Å². The zero-order valence-corrected chi connectivity index (χ0v) is 14.3. The molecule has 0 bridgehead atoms. The van der Waals surface area contributed by atoms with Gasteiger partial charge in [-0.1, -0.05) is 47.0 Å². The summed E-state index contributed by atoms with van der Waals surface area (Å²) in [7, 11) is -2.31. The Balaban J connectivity index is 2.25. The third-order valence-corrected chi connectivity index (χ3v) is 5.21. The van der Waals surface area contributed by atoms with E-state index in [4.69, 9.17) is 23.2 Å². The smallest absolute Gasteiger partial charge is 0.200 e. The van der Waals surface area contributed by atoms with Crippen LogP contribution in [-0.4, -0.2) is 26.1 Å². The Hall–Kier alpha value is -1.56. The summed E-state index contributed by atoms with van der Waals surface area (Å²) in [6, 6.07) is 11.5. The van der Waals surface area contributed by atoms with Crippen molar-refractivity contribution < 1.29 is 8.42 Å². The Morgan fingerprint density at radius 3 is 2.32 bits per heavy atom. The second-order valence-electron chi connectivity index (χ2n) is 4.66. The Bertz CT molecular complexity index is 803. The van der Waals surface area contributed by atoms with E-state index in [2.05, 4.69) is 5.10 Å². The fourth-order valence-electron chi connectivity index (χ4n) is 1.67. The summed E-state index contributed by atoms with van der Waals surface area (Å²) in [4.78, 5) is 0.181. The lowest BCUT2D eigenvalue weighted by Crippen LogP contribution is -2.21. The van der Waals surface area contributed by atoms with Crippen molar-refractivity contribution in [1.82, 2.24) is 4.41 Å². The van der Waals surface area contributed by atoms with E-state index >= 15 is 0 Å². The second-order valence-corrected chi connectivity index (χ2v) is 7.46. The molecule has 2 rings (SSSR count). The van der Waals surface area contributed by atoms with Crippen LogP contribution in [0.4, 0.5) is 0 Å². The molecule has 7 heteroatoms. The highest BCUT2D eigenvalue weighted by molar-refractivity contribution is 7.89. The first-order valence-electron chi connectivity index (χ1n) is 6.35. The average molecular weight is 357 g/mol. The largest absolute Gasteiger partial charge is 0.278 e. The minimum Gasteiger partial charge on any atom is -0.200 e.